The Balaban J connectivity index is 1.93. The third-order valence-corrected chi connectivity index (χ3v) is 4.43. The lowest BCUT2D eigenvalue weighted by atomic mass is 9.95. The molecule has 1 aliphatic heterocycles. The summed E-state index contributed by atoms with van der Waals surface area (Å²) in [5, 5.41) is 17.4. The number of nitro benzene ring substituents is 1. The van der Waals surface area contributed by atoms with Crippen LogP contribution in [0.5, 0.6) is 0 Å². The van der Waals surface area contributed by atoms with Crippen LogP contribution >= 0.6 is 0 Å². The topological polar surface area (TPSA) is 126 Å². The maximum Gasteiger partial charge on any atom is 0.292 e. The van der Waals surface area contributed by atoms with E-state index in [0.717, 1.165) is 38.4 Å². The van der Waals surface area contributed by atoms with Crippen LogP contribution in [0.1, 0.15) is 26.2 Å². The van der Waals surface area contributed by atoms with Gasteiger partial charge in [0, 0.05) is 38.7 Å². The summed E-state index contributed by atoms with van der Waals surface area (Å²) < 4.78 is 0. The normalized spacial score (nSPS) is 17.4. The summed E-state index contributed by atoms with van der Waals surface area (Å²) in [5.74, 6) is 0.790. The fourth-order valence-corrected chi connectivity index (χ4v) is 3.27. The van der Waals surface area contributed by atoms with Crippen molar-refractivity contribution in [2.45, 2.75) is 26.2 Å². The van der Waals surface area contributed by atoms with Gasteiger partial charge in [0.25, 0.3) is 5.69 Å². The van der Waals surface area contributed by atoms with E-state index in [9.17, 15) is 14.9 Å². The molecule has 0 bridgehead atoms. The number of nitrogens with one attached hydrogen (secondary N) is 2. The summed E-state index contributed by atoms with van der Waals surface area (Å²) in [5.41, 5.74) is 5.87. The first-order chi connectivity index (χ1) is 13.0. The molecule has 148 valence electrons. The number of likely N-dealkylation sites (tertiary alicyclic amines) is 1. The number of amides is 1. The Bertz CT molecular complexity index is 679. The average Bonchev–Trinajstić information content (AvgIpc) is 2.64. The lowest BCUT2D eigenvalue weighted by Crippen LogP contribution is -2.47. The van der Waals surface area contributed by atoms with Crippen molar-refractivity contribution >= 4 is 23.2 Å². The smallest absolute Gasteiger partial charge is 0.292 e. The number of nitrogens with zero attached hydrogens (tertiary/aromatic N) is 3. The van der Waals surface area contributed by atoms with Crippen LogP contribution < -0.4 is 16.4 Å². The largest absolute Gasteiger partial charge is 0.378 e. The fraction of sp³-hybridized carbons (Fsp3) is 0.556. The van der Waals surface area contributed by atoms with Crippen LogP contribution in [0, 0.1) is 16.0 Å². The molecule has 1 heterocycles. The molecule has 0 aliphatic carbocycles. The molecule has 1 atom stereocenters. The predicted molar refractivity (Wildman–Crippen MR) is 106 cm³/mol. The number of para-hydroxylation sites is 2. The average molecular weight is 376 g/mol. The van der Waals surface area contributed by atoms with Crippen LogP contribution in [0.15, 0.2) is 29.3 Å². The first-order valence-corrected chi connectivity index (χ1v) is 9.30. The van der Waals surface area contributed by atoms with E-state index in [1.54, 1.807) is 18.2 Å². The third kappa shape index (κ3) is 6.43. The minimum atomic E-state index is -0.401. The van der Waals surface area contributed by atoms with Gasteiger partial charge >= 0.3 is 0 Å². The maximum absolute atomic E-state index is 11.2. The monoisotopic (exact) mass is 376 g/mol. The Kier molecular flexibility index (Phi) is 7.84. The molecular weight excluding hydrogens is 348 g/mol. The second-order valence-electron chi connectivity index (χ2n) is 6.56. The summed E-state index contributed by atoms with van der Waals surface area (Å²) in [7, 11) is 0. The number of nitro groups is 1. The van der Waals surface area contributed by atoms with Crippen molar-refractivity contribution in [1.29, 1.82) is 0 Å². The summed E-state index contributed by atoms with van der Waals surface area (Å²) >= 11 is 0. The van der Waals surface area contributed by atoms with Gasteiger partial charge < -0.3 is 21.3 Å². The molecule has 2 rings (SSSR count). The Hall–Kier alpha value is -2.84. The minimum Gasteiger partial charge on any atom is -0.378 e. The van der Waals surface area contributed by atoms with Gasteiger partial charge in [-0.3, -0.25) is 19.9 Å². The summed E-state index contributed by atoms with van der Waals surface area (Å²) in [6, 6.07) is 6.56. The van der Waals surface area contributed by atoms with Gasteiger partial charge in [-0.25, -0.2) is 0 Å². The van der Waals surface area contributed by atoms with Crippen molar-refractivity contribution in [1.82, 2.24) is 10.2 Å². The van der Waals surface area contributed by atoms with Gasteiger partial charge in [0.15, 0.2) is 5.96 Å². The Morgan fingerprint density at radius 1 is 1.44 bits per heavy atom. The van der Waals surface area contributed by atoms with E-state index in [1.165, 1.54) is 6.07 Å². The van der Waals surface area contributed by atoms with Crippen LogP contribution in [-0.4, -0.2) is 54.4 Å². The van der Waals surface area contributed by atoms with E-state index in [4.69, 9.17) is 5.73 Å². The highest BCUT2D eigenvalue weighted by Crippen LogP contribution is 2.23. The number of guanidine groups is 1. The van der Waals surface area contributed by atoms with Gasteiger partial charge in [0.05, 0.1) is 11.5 Å². The van der Waals surface area contributed by atoms with Crippen molar-refractivity contribution in [2.24, 2.45) is 16.6 Å². The van der Waals surface area contributed by atoms with Crippen molar-refractivity contribution in [3.05, 3.63) is 34.4 Å². The summed E-state index contributed by atoms with van der Waals surface area (Å²) in [6.45, 7) is 5.36. The second-order valence-corrected chi connectivity index (χ2v) is 6.56. The molecule has 1 fully saturated rings. The van der Waals surface area contributed by atoms with Crippen molar-refractivity contribution < 1.29 is 9.72 Å². The van der Waals surface area contributed by atoms with E-state index in [0.29, 0.717) is 25.2 Å². The highest BCUT2D eigenvalue weighted by molar-refractivity contribution is 5.80. The van der Waals surface area contributed by atoms with Crippen LogP contribution in [0.4, 0.5) is 11.4 Å². The van der Waals surface area contributed by atoms with Gasteiger partial charge in [0.2, 0.25) is 5.91 Å². The van der Waals surface area contributed by atoms with Gasteiger partial charge in [0.1, 0.15) is 5.69 Å². The number of hydrogen-bond acceptors (Lipinski definition) is 5. The molecule has 0 radical (unpaired) electrons. The minimum absolute atomic E-state index is 0.0544. The molecular formula is C18H28N6O3. The zero-order chi connectivity index (χ0) is 19.6. The summed E-state index contributed by atoms with van der Waals surface area (Å²) in [6.07, 6.45) is 2.39. The molecule has 1 aromatic rings. The molecule has 9 nitrogen and oxygen atoms in total. The molecule has 1 aliphatic rings. The van der Waals surface area contributed by atoms with Gasteiger partial charge in [-0.1, -0.05) is 12.1 Å². The molecule has 1 aromatic carbocycles. The number of aliphatic imine (C=N–C) groups is 1. The number of rotatable bonds is 8. The van der Waals surface area contributed by atoms with Crippen molar-refractivity contribution in [2.75, 3.05) is 38.0 Å². The SMILES string of the molecule is CCNC(=NCCNc1ccccc1[N+](=O)[O-])N1CCCC(CC(N)=O)C1. The van der Waals surface area contributed by atoms with E-state index < -0.39 is 4.92 Å². The first-order valence-electron chi connectivity index (χ1n) is 9.30. The number of piperidine rings is 1. The number of carbonyl (C=O) groups excluding carboxylic acids is 1. The lowest BCUT2D eigenvalue weighted by molar-refractivity contribution is -0.384. The second kappa shape index (κ2) is 10.3. The number of carbonyl (C=O) groups is 1. The molecule has 0 aromatic heterocycles. The molecule has 9 heteroatoms. The molecule has 1 saturated heterocycles. The van der Waals surface area contributed by atoms with Crippen LogP contribution in [-0.2, 0) is 4.79 Å². The first kappa shape index (κ1) is 20.5. The fourth-order valence-electron chi connectivity index (χ4n) is 3.27. The summed E-state index contributed by atoms with van der Waals surface area (Å²) in [4.78, 5) is 28.6. The maximum atomic E-state index is 11.2. The standard InChI is InChI=1S/C18H28N6O3/c1-2-20-18(23-11-5-6-14(13-23)12-17(19)25)22-10-9-21-15-7-3-4-8-16(15)24(26)27/h3-4,7-8,14,21H,2,5-6,9-13H2,1H3,(H2,19,25)(H,20,22). The zero-order valence-corrected chi connectivity index (χ0v) is 15.7. The van der Waals surface area contributed by atoms with Gasteiger partial charge in [-0.15, -0.1) is 0 Å². The van der Waals surface area contributed by atoms with Crippen LogP contribution in [0.3, 0.4) is 0 Å². The lowest BCUT2D eigenvalue weighted by Gasteiger charge is -2.34. The number of primary amides is 1. The Morgan fingerprint density at radius 2 is 2.22 bits per heavy atom. The van der Waals surface area contributed by atoms with Crippen molar-refractivity contribution in [3.8, 4) is 0 Å². The highest BCUT2D eigenvalue weighted by atomic mass is 16.6. The zero-order valence-electron chi connectivity index (χ0n) is 15.7. The van der Waals surface area contributed by atoms with Crippen LogP contribution in [0.2, 0.25) is 0 Å². The number of nitrogens with two attached hydrogens (primary N) is 1. The number of hydrogen-bond donors (Lipinski definition) is 3. The van der Waals surface area contributed by atoms with Crippen molar-refractivity contribution in [3.63, 3.8) is 0 Å². The predicted octanol–water partition coefficient (Wildman–Crippen LogP) is 1.56. The van der Waals surface area contributed by atoms with E-state index in [1.807, 2.05) is 6.92 Å². The molecule has 27 heavy (non-hydrogen) atoms. The van der Waals surface area contributed by atoms with E-state index >= 15 is 0 Å². The van der Waals surface area contributed by atoms with Gasteiger partial charge in [-0.2, -0.15) is 0 Å². The third-order valence-electron chi connectivity index (χ3n) is 4.43. The molecule has 4 N–H and O–H groups in total. The highest BCUT2D eigenvalue weighted by Gasteiger charge is 2.23. The molecule has 0 saturated carbocycles. The Morgan fingerprint density at radius 3 is 2.93 bits per heavy atom. The Labute approximate surface area is 159 Å². The van der Waals surface area contributed by atoms with E-state index in [2.05, 4.69) is 20.5 Å². The quantitative estimate of drug-likeness (QED) is 0.208. The van der Waals surface area contributed by atoms with E-state index in [-0.39, 0.29) is 17.5 Å². The molecule has 1 unspecified atom stereocenters. The number of anilines is 1. The number of benzene rings is 1. The van der Waals surface area contributed by atoms with Crippen LogP contribution in [0.25, 0.3) is 0 Å². The molecule has 0 spiro atoms. The van der Waals surface area contributed by atoms with Gasteiger partial charge in [-0.05, 0) is 31.7 Å². The molecule has 1 amide bonds.